The topological polar surface area (TPSA) is 8.17 Å². The smallest absolute Gasteiger partial charge is 0.0534 e. The normalized spacial score (nSPS) is 14.4. The van der Waals surface area contributed by atoms with E-state index in [9.17, 15) is 0 Å². The molecule has 2 aliphatic rings. The summed E-state index contributed by atoms with van der Waals surface area (Å²) in [5.74, 6) is 0. The van der Waals surface area contributed by atoms with Crippen LogP contribution in [-0.2, 0) is 12.8 Å². The Morgan fingerprint density at radius 1 is 0.560 bits per heavy atom. The van der Waals surface area contributed by atoms with Crippen LogP contribution in [0.4, 0.5) is 5.69 Å². The van der Waals surface area contributed by atoms with Gasteiger partial charge in [0.15, 0.2) is 0 Å². The van der Waals surface area contributed by atoms with Crippen molar-refractivity contribution in [3.8, 4) is 39.1 Å². The first-order valence-electron chi connectivity index (χ1n) is 18.4. The molecule has 0 saturated carbocycles. The summed E-state index contributed by atoms with van der Waals surface area (Å²) in [6.07, 6.45) is 14.5. The number of anilines is 1. The number of benzene rings is 5. The Bertz CT molecular complexity index is 2140. The van der Waals surface area contributed by atoms with Crippen LogP contribution in [-0.4, -0.2) is 11.1 Å². The van der Waals surface area contributed by atoms with Gasteiger partial charge >= 0.3 is 0 Å². The molecule has 0 saturated heterocycles. The Morgan fingerprint density at radius 2 is 1.16 bits per heavy atom. The zero-order valence-electron chi connectivity index (χ0n) is 29.1. The zero-order valence-corrected chi connectivity index (χ0v) is 29.1. The molecule has 2 aliphatic carbocycles. The van der Waals surface area contributed by atoms with Crippen LogP contribution in [0, 0.1) is 0 Å². The second kappa shape index (κ2) is 14.3. The van der Waals surface area contributed by atoms with Crippen molar-refractivity contribution in [3.05, 3.63) is 169 Å². The predicted molar refractivity (Wildman–Crippen MR) is 214 cm³/mol. The second-order valence-corrected chi connectivity index (χ2v) is 13.9. The molecule has 248 valence electrons. The summed E-state index contributed by atoms with van der Waals surface area (Å²) in [5, 5.41) is 1.40. The summed E-state index contributed by atoms with van der Waals surface area (Å²) in [6.45, 7) is 9.14. The molecular formula is C48H46N2. The maximum atomic E-state index is 4.24. The molecule has 8 rings (SSSR count). The lowest BCUT2D eigenvalue weighted by atomic mass is 9.91. The molecule has 1 heterocycles. The summed E-state index contributed by atoms with van der Waals surface area (Å²) in [4.78, 5) is 2.55. The van der Waals surface area contributed by atoms with E-state index < -0.39 is 0 Å². The van der Waals surface area contributed by atoms with Gasteiger partial charge < -0.3 is 9.47 Å². The monoisotopic (exact) mass is 650 g/mol. The van der Waals surface area contributed by atoms with E-state index in [2.05, 4.69) is 156 Å². The van der Waals surface area contributed by atoms with Gasteiger partial charge in [0, 0.05) is 34.7 Å². The Balaban J connectivity index is 1.40. The van der Waals surface area contributed by atoms with Crippen molar-refractivity contribution in [1.29, 1.82) is 0 Å². The number of hydrogen-bond acceptors (Lipinski definition) is 1. The third-order valence-corrected chi connectivity index (χ3v) is 10.7. The minimum atomic E-state index is 0.767. The molecule has 5 aromatic carbocycles. The standard InChI is InChI=1S/C48H46N2/c1-3-17-37-22-11-14-25-46(37)49(28-4-2)42-32-41(33-43(34-42)50-47-26-15-12-23-44(47)45-24-13-16-27-48(45)50)40-30-38(35-18-7-5-8-19-35)29-39(31-40)36-20-9-6-10-21-36/h3-10,12,15,18-21,23,26,29-34H,1-2,11,13-14,16-17,22,24-25,27-28H2. The minimum absolute atomic E-state index is 0.767. The van der Waals surface area contributed by atoms with Crippen LogP contribution in [0.15, 0.2) is 158 Å². The molecule has 2 nitrogen and oxygen atoms in total. The zero-order chi connectivity index (χ0) is 33.9. The van der Waals surface area contributed by atoms with E-state index in [1.165, 1.54) is 104 Å². The first-order valence-corrected chi connectivity index (χ1v) is 18.4. The molecule has 0 N–H and O–H groups in total. The number of aromatic nitrogens is 1. The van der Waals surface area contributed by atoms with E-state index >= 15 is 0 Å². The number of aryl methyl sites for hydroxylation is 1. The quantitative estimate of drug-likeness (QED) is 0.134. The minimum Gasteiger partial charge on any atom is -0.341 e. The average molecular weight is 651 g/mol. The van der Waals surface area contributed by atoms with Crippen LogP contribution in [0.3, 0.4) is 0 Å². The number of hydrogen-bond donors (Lipinski definition) is 0. The highest BCUT2D eigenvalue weighted by Gasteiger charge is 2.24. The van der Waals surface area contributed by atoms with Crippen LogP contribution in [0.25, 0.3) is 50.0 Å². The molecule has 0 aliphatic heterocycles. The van der Waals surface area contributed by atoms with E-state index in [1.54, 1.807) is 0 Å². The first kappa shape index (κ1) is 31.9. The Labute approximate surface area is 297 Å². The lowest BCUT2D eigenvalue weighted by Crippen LogP contribution is -2.26. The predicted octanol–water partition coefficient (Wildman–Crippen LogP) is 12.9. The molecule has 2 heteroatoms. The number of rotatable bonds is 10. The Kier molecular flexibility index (Phi) is 9.09. The first-order chi connectivity index (χ1) is 24.7. The van der Waals surface area contributed by atoms with Crippen molar-refractivity contribution in [1.82, 2.24) is 4.57 Å². The molecule has 0 spiro atoms. The van der Waals surface area contributed by atoms with Gasteiger partial charge in [-0.05, 0) is 145 Å². The van der Waals surface area contributed by atoms with Gasteiger partial charge in [-0.1, -0.05) is 91.0 Å². The third-order valence-electron chi connectivity index (χ3n) is 10.7. The molecule has 0 amide bonds. The van der Waals surface area contributed by atoms with E-state index in [0.717, 1.165) is 38.6 Å². The van der Waals surface area contributed by atoms with Crippen LogP contribution in [0.5, 0.6) is 0 Å². The van der Waals surface area contributed by atoms with Crippen molar-refractivity contribution < 1.29 is 0 Å². The number of fused-ring (bicyclic) bond motifs is 3. The maximum Gasteiger partial charge on any atom is 0.0534 e. The number of nitrogens with zero attached hydrogens (tertiary/aromatic N) is 2. The Hall–Kier alpha value is -5.34. The van der Waals surface area contributed by atoms with Crippen LogP contribution < -0.4 is 4.90 Å². The highest BCUT2D eigenvalue weighted by molar-refractivity contribution is 5.89. The molecule has 0 bridgehead atoms. The van der Waals surface area contributed by atoms with Gasteiger partial charge in [-0.15, -0.1) is 13.2 Å². The lowest BCUT2D eigenvalue weighted by Gasteiger charge is -2.33. The molecule has 0 radical (unpaired) electrons. The lowest BCUT2D eigenvalue weighted by molar-refractivity contribution is 0.643. The van der Waals surface area contributed by atoms with Crippen LogP contribution >= 0.6 is 0 Å². The molecule has 0 unspecified atom stereocenters. The number of allylic oxidation sites excluding steroid dienone is 3. The summed E-state index contributed by atoms with van der Waals surface area (Å²) in [6, 6.07) is 45.1. The maximum absolute atomic E-state index is 4.24. The molecular weight excluding hydrogens is 605 g/mol. The summed E-state index contributed by atoms with van der Waals surface area (Å²) in [5.41, 5.74) is 17.1. The third kappa shape index (κ3) is 6.16. The average Bonchev–Trinajstić information content (AvgIpc) is 3.52. The summed E-state index contributed by atoms with van der Waals surface area (Å²) < 4.78 is 2.59. The van der Waals surface area contributed by atoms with Gasteiger partial charge in [-0.3, -0.25) is 0 Å². The van der Waals surface area contributed by atoms with Gasteiger partial charge in [-0.25, -0.2) is 0 Å². The van der Waals surface area contributed by atoms with Crippen molar-refractivity contribution in [2.75, 3.05) is 11.4 Å². The van der Waals surface area contributed by atoms with Crippen molar-refractivity contribution in [2.24, 2.45) is 0 Å². The van der Waals surface area contributed by atoms with Crippen molar-refractivity contribution in [2.45, 2.75) is 57.8 Å². The van der Waals surface area contributed by atoms with Gasteiger partial charge in [0.2, 0.25) is 0 Å². The van der Waals surface area contributed by atoms with Crippen LogP contribution in [0.1, 0.15) is 56.2 Å². The van der Waals surface area contributed by atoms with Gasteiger partial charge in [0.25, 0.3) is 0 Å². The SMILES string of the molecule is C=CCC1=C(N(CC=C)c2cc(-c3cc(-c4ccccc4)cc(-c4ccccc4)c3)cc(-n3c4c(c5ccccc53)CCCC4)c2)CCCC1. The summed E-state index contributed by atoms with van der Waals surface area (Å²) in [7, 11) is 0. The fourth-order valence-corrected chi connectivity index (χ4v) is 8.40. The van der Waals surface area contributed by atoms with E-state index in [0.29, 0.717) is 0 Å². The molecule has 6 aromatic rings. The molecule has 0 fully saturated rings. The van der Waals surface area contributed by atoms with Gasteiger partial charge in [0.05, 0.1) is 5.52 Å². The molecule has 1 aromatic heterocycles. The van der Waals surface area contributed by atoms with Crippen molar-refractivity contribution in [3.63, 3.8) is 0 Å². The van der Waals surface area contributed by atoms with Gasteiger partial charge in [-0.2, -0.15) is 0 Å². The molecule has 0 atom stereocenters. The Morgan fingerprint density at radius 3 is 1.86 bits per heavy atom. The number of para-hydroxylation sites is 1. The summed E-state index contributed by atoms with van der Waals surface area (Å²) >= 11 is 0. The fraction of sp³-hybridized carbons (Fsp3) is 0.208. The van der Waals surface area contributed by atoms with Crippen molar-refractivity contribution >= 4 is 16.6 Å². The highest BCUT2D eigenvalue weighted by Crippen LogP contribution is 2.41. The van der Waals surface area contributed by atoms with Gasteiger partial charge in [0.1, 0.15) is 0 Å². The van der Waals surface area contributed by atoms with E-state index in [4.69, 9.17) is 0 Å². The fourth-order valence-electron chi connectivity index (χ4n) is 8.40. The largest absolute Gasteiger partial charge is 0.341 e. The van der Waals surface area contributed by atoms with E-state index in [-0.39, 0.29) is 0 Å². The van der Waals surface area contributed by atoms with Crippen LogP contribution in [0.2, 0.25) is 0 Å². The van der Waals surface area contributed by atoms with E-state index in [1.807, 2.05) is 0 Å². The second-order valence-electron chi connectivity index (χ2n) is 13.9. The highest BCUT2D eigenvalue weighted by atomic mass is 15.1. The molecule has 50 heavy (non-hydrogen) atoms.